The molecule has 0 aliphatic heterocycles. The molecule has 0 aromatic heterocycles. The molecule has 4 rings (SSSR count). The zero-order valence-electron chi connectivity index (χ0n) is 21.6. The zero-order valence-corrected chi connectivity index (χ0v) is 21.6. The molecule has 200 valence electrons. The quantitative estimate of drug-likeness (QED) is 0.289. The van der Waals surface area contributed by atoms with Crippen molar-refractivity contribution in [3.8, 4) is 5.75 Å². The minimum Gasteiger partial charge on any atom is -0.510 e. The second-order valence-corrected chi connectivity index (χ2v) is 10.4. The normalized spacial score (nSPS) is 27.3. The van der Waals surface area contributed by atoms with Crippen molar-refractivity contribution in [3.05, 3.63) is 45.4 Å². The Hall–Kier alpha value is -3.41. The van der Waals surface area contributed by atoms with Crippen LogP contribution in [0.1, 0.15) is 34.8 Å². The summed E-state index contributed by atoms with van der Waals surface area (Å²) in [6.45, 7) is 2.86. The Kier molecular flexibility index (Phi) is 6.60. The fourth-order valence-electron chi connectivity index (χ4n) is 6.15. The van der Waals surface area contributed by atoms with Gasteiger partial charge < -0.3 is 36.4 Å². The van der Waals surface area contributed by atoms with Crippen molar-refractivity contribution in [1.29, 1.82) is 0 Å². The minimum absolute atomic E-state index is 0.0138. The topological polar surface area (TPSA) is 177 Å². The van der Waals surface area contributed by atoms with Crippen LogP contribution in [0.3, 0.4) is 0 Å². The van der Waals surface area contributed by atoms with E-state index in [4.69, 9.17) is 5.73 Å². The van der Waals surface area contributed by atoms with Crippen LogP contribution >= 0.6 is 0 Å². The van der Waals surface area contributed by atoms with E-state index in [0.29, 0.717) is 24.2 Å². The van der Waals surface area contributed by atoms with Crippen molar-refractivity contribution >= 4 is 23.2 Å². The number of rotatable bonds is 6. The molecule has 37 heavy (non-hydrogen) atoms. The Morgan fingerprint density at radius 1 is 1.19 bits per heavy atom. The largest absolute Gasteiger partial charge is 0.510 e. The van der Waals surface area contributed by atoms with Crippen LogP contribution in [-0.2, 0) is 22.6 Å². The molecule has 0 saturated carbocycles. The Labute approximate surface area is 214 Å². The van der Waals surface area contributed by atoms with Gasteiger partial charge in [-0.25, -0.2) is 0 Å². The highest BCUT2D eigenvalue weighted by Gasteiger charge is 2.63. The van der Waals surface area contributed by atoms with E-state index in [-0.39, 0.29) is 29.7 Å². The molecule has 1 amide bonds. The second-order valence-electron chi connectivity index (χ2n) is 10.4. The van der Waals surface area contributed by atoms with E-state index in [2.05, 4.69) is 5.32 Å². The van der Waals surface area contributed by atoms with Crippen LogP contribution in [0.2, 0.25) is 0 Å². The van der Waals surface area contributed by atoms with Gasteiger partial charge in [0.25, 0.3) is 5.91 Å². The lowest BCUT2D eigenvalue weighted by Gasteiger charge is -2.50. The smallest absolute Gasteiger partial charge is 0.255 e. The van der Waals surface area contributed by atoms with Crippen LogP contribution in [0, 0.1) is 11.8 Å². The Balaban J connectivity index is 1.96. The molecule has 4 atom stereocenters. The number of hydrogen-bond donors (Lipinski definition) is 6. The number of Topliss-reactive ketones (excluding diaryl/α,β-unsaturated/α-hetero) is 2. The van der Waals surface area contributed by atoms with Crippen LogP contribution in [0.25, 0.3) is 0 Å². The SMILES string of the molecule is CCNCc1cc(N(C)C)c2c(c1O)C(=O)C1=C(O)[C@]3(O)C(=O)C(C(N)=O)=C(O)[C@@H](N(C)C)[C@@H]3C[C@@H]1C2. The van der Waals surface area contributed by atoms with Crippen molar-refractivity contribution in [1.82, 2.24) is 10.2 Å². The number of primary amides is 1. The molecule has 11 nitrogen and oxygen atoms in total. The first kappa shape index (κ1) is 26.6. The summed E-state index contributed by atoms with van der Waals surface area (Å²) in [5.74, 6) is -6.53. The average molecular weight is 515 g/mol. The molecule has 0 unspecified atom stereocenters. The first-order chi connectivity index (χ1) is 17.3. The summed E-state index contributed by atoms with van der Waals surface area (Å²) in [6.07, 6.45) is 0.301. The van der Waals surface area contributed by atoms with Gasteiger partial charge in [0.05, 0.1) is 11.6 Å². The highest BCUT2D eigenvalue weighted by atomic mass is 16.3. The molecule has 7 N–H and O–H groups in total. The molecule has 3 aliphatic rings. The van der Waals surface area contributed by atoms with E-state index in [1.165, 1.54) is 4.90 Å². The van der Waals surface area contributed by atoms with Crippen LogP contribution < -0.4 is 16.0 Å². The van der Waals surface area contributed by atoms with Crippen LogP contribution in [0.4, 0.5) is 5.69 Å². The summed E-state index contributed by atoms with van der Waals surface area (Å²) in [7, 11) is 6.85. The lowest BCUT2D eigenvalue weighted by molar-refractivity contribution is -0.148. The summed E-state index contributed by atoms with van der Waals surface area (Å²) in [4.78, 5) is 42.7. The third-order valence-electron chi connectivity index (χ3n) is 7.83. The summed E-state index contributed by atoms with van der Waals surface area (Å²) in [5, 5.41) is 48.2. The second kappa shape index (κ2) is 9.16. The maximum absolute atomic E-state index is 13.9. The lowest BCUT2D eigenvalue weighted by atomic mass is 9.58. The van der Waals surface area contributed by atoms with Crippen LogP contribution in [0.5, 0.6) is 5.75 Å². The standard InChI is InChI=1S/C26H34N4O7/c1-6-28-10-12-9-15(29(2)3)13-7-11-8-14-19(30(4)5)22(33)18(25(27)36)24(35)26(14,37)23(34)16(11)21(32)17(13)20(12)31/h9,11,14,19,28,31,33-34,37H,6-8,10H2,1-5H3,(H2,27,36)/t11-,14-,19-,26-/m0/s1. The Bertz CT molecular complexity index is 1270. The number of allylic oxidation sites excluding steroid dienone is 1. The molecular weight excluding hydrogens is 480 g/mol. The Morgan fingerprint density at radius 2 is 1.84 bits per heavy atom. The van der Waals surface area contributed by atoms with E-state index in [1.54, 1.807) is 14.1 Å². The number of amides is 1. The number of anilines is 1. The molecule has 11 heteroatoms. The number of ketones is 2. The highest BCUT2D eigenvalue weighted by molar-refractivity contribution is 6.24. The number of hydrogen-bond acceptors (Lipinski definition) is 10. The van der Waals surface area contributed by atoms with Crippen molar-refractivity contribution in [2.45, 2.75) is 38.0 Å². The van der Waals surface area contributed by atoms with E-state index in [1.807, 2.05) is 32.0 Å². The molecule has 3 aliphatic carbocycles. The molecule has 0 radical (unpaired) electrons. The number of likely N-dealkylation sites (N-methyl/N-ethyl adjacent to an activating group) is 1. The number of fused-ring (bicyclic) bond motifs is 3. The van der Waals surface area contributed by atoms with Crippen molar-refractivity contribution in [2.75, 3.05) is 39.6 Å². The molecule has 0 spiro atoms. The van der Waals surface area contributed by atoms with Crippen molar-refractivity contribution in [3.63, 3.8) is 0 Å². The molecular formula is C26H34N4O7. The van der Waals surface area contributed by atoms with Gasteiger partial charge in [0.15, 0.2) is 11.4 Å². The van der Waals surface area contributed by atoms with Crippen molar-refractivity contribution < 1.29 is 34.8 Å². The first-order valence-corrected chi connectivity index (χ1v) is 12.2. The number of nitrogens with zero attached hydrogens (tertiary/aromatic N) is 2. The van der Waals surface area contributed by atoms with E-state index >= 15 is 0 Å². The molecule has 0 saturated heterocycles. The summed E-state index contributed by atoms with van der Waals surface area (Å²) < 4.78 is 0. The Morgan fingerprint density at radius 3 is 2.38 bits per heavy atom. The number of benzene rings is 1. The summed E-state index contributed by atoms with van der Waals surface area (Å²) in [6, 6.07) is 0.799. The molecule has 0 heterocycles. The maximum atomic E-state index is 13.9. The van der Waals surface area contributed by atoms with Gasteiger partial charge >= 0.3 is 0 Å². The van der Waals surface area contributed by atoms with Crippen LogP contribution in [-0.4, -0.2) is 89.2 Å². The number of aromatic hydroxyl groups is 1. The molecule has 0 fully saturated rings. The highest BCUT2D eigenvalue weighted by Crippen LogP contribution is 2.53. The summed E-state index contributed by atoms with van der Waals surface area (Å²) >= 11 is 0. The monoisotopic (exact) mass is 514 g/mol. The number of aliphatic hydroxyl groups is 3. The maximum Gasteiger partial charge on any atom is 0.255 e. The third-order valence-corrected chi connectivity index (χ3v) is 7.83. The van der Waals surface area contributed by atoms with E-state index in [9.17, 15) is 34.8 Å². The number of carbonyl (C=O) groups is 3. The molecule has 1 aromatic carbocycles. The van der Waals surface area contributed by atoms with Gasteiger partial charge in [-0.3, -0.25) is 19.3 Å². The predicted molar refractivity (Wildman–Crippen MR) is 135 cm³/mol. The number of phenols is 1. The van der Waals surface area contributed by atoms with E-state index < -0.39 is 58.0 Å². The number of carbonyl (C=O) groups excluding carboxylic acids is 3. The third kappa shape index (κ3) is 3.72. The minimum atomic E-state index is -2.65. The van der Waals surface area contributed by atoms with Gasteiger partial charge in [0, 0.05) is 43.4 Å². The average Bonchev–Trinajstić information content (AvgIpc) is 2.80. The van der Waals surface area contributed by atoms with Gasteiger partial charge in [-0.1, -0.05) is 6.92 Å². The lowest BCUT2D eigenvalue weighted by Crippen LogP contribution is -2.63. The van der Waals surface area contributed by atoms with Crippen molar-refractivity contribution in [2.24, 2.45) is 17.6 Å². The van der Waals surface area contributed by atoms with Gasteiger partial charge in [0.2, 0.25) is 5.78 Å². The fourth-order valence-corrected chi connectivity index (χ4v) is 6.15. The molecule has 0 bridgehead atoms. The first-order valence-electron chi connectivity index (χ1n) is 12.2. The summed E-state index contributed by atoms with van der Waals surface area (Å²) in [5.41, 5.74) is 3.57. The van der Waals surface area contributed by atoms with E-state index in [0.717, 1.165) is 5.69 Å². The number of phenolic OH excluding ortho intramolecular Hbond substituents is 1. The van der Waals surface area contributed by atoms with Crippen LogP contribution in [0.15, 0.2) is 28.7 Å². The zero-order chi connectivity index (χ0) is 27.6. The number of aliphatic hydroxyl groups excluding tert-OH is 2. The van der Waals surface area contributed by atoms with Gasteiger partial charge in [-0.2, -0.15) is 0 Å². The fraction of sp³-hybridized carbons (Fsp3) is 0.500. The predicted octanol–water partition coefficient (Wildman–Crippen LogP) is 0.296. The van der Waals surface area contributed by atoms with Gasteiger partial charge in [-0.05, 0) is 51.0 Å². The van der Waals surface area contributed by atoms with Gasteiger partial charge in [-0.15, -0.1) is 0 Å². The van der Waals surface area contributed by atoms with Gasteiger partial charge in [0.1, 0.15) is 22.8 Å². The number of nitrogens with two attached hydrogens (primary N) is 1. The number of nitrogens with one attached hydrogen (secondary N) is 1. The molecule has 1 aromatic rings.